The van der Waals surface area contributed by atoms with Gasteiger partial charge in [0, 0.05) is 6.54 Å². The van der Waals surface area contributed by atoms with Crippen LogP contribution in [0.5, 0.6) is 5.75 Å². The summed E-state index contributed by atoms with van der Waals surface area (Å²) in [6, 6.07) is 24.3. The molecule has 3 aromatic rings. The summed E-state index contributed by atoms with van der Waals surface area (Å²) >= 11 is 0. The molecule has 0 aromatic heterocycles. The number of carbonyl (C=O) groups excluding carboxylic acids is 2. The van der Waals surface area contributed by atoms with E-state index in [-0.39, 0.29) is 6.54 Å². The second-order valence-corrected chi connectivity index (χ2v) is 6.65. The van der Waals surface area contributed by atoms with Crippen LogP contribution in [0.3, 0.4) is 0 Å². The van der Waals surface area contributed by atoms with Gasteiger partial charge in [-0.3, -0.25) is 4.79 Å². The van der Waals surface area contributed by atoms with Crippen molar-refractivity contribution < 1.29 is 24.2 Å². The second-order valence-electron chi connectivity index (χ2n) is 6.65. The van der Waals surface area contributed by atoms with E-state index in [0.717, 1.165) is 5.56 Å². The molecule has 0 aliphatic rings. The highest BCUT2D eigenvalue weighted by atomic mass is 16.6. The lowest BCUT2D eigenvalue weighted by molar-refractivity contribution is -0.164. The van der Waals surface area contributed by atoms with Crippen LogP contribution in [0.2, 0.25) is 0 Å². The predicted molar refractivity (Wildman–Crippen MR) is 112 cm³/mol. The Morgan fingerprint density at radius 3 is 2.07 bits per heavy atom. The average molecular weight is 405 g/mol. The van der Waals surface area contributed by atoms with Crippen LogP contribution < -0.4 is 10.1 Å². The quantitative estimate of drug-likeness (QED) is 0.563. The fourth-order valence-electron chi connectivity index (χ4n) is 3.03. The van der Waals surface area contributed by atoms with E-state index >= 15 is 0 Å². The standard InChI is InChI=1S/C24H23NO5/c1-29-21-14-8-9-18(15-21)16-25-22(26)17-30-23(27)24(28,19-10-4-2-5-11-19)20-12-6-3-7-13-20/h2-15,28H,16-17H2,1H3,(H,25,26). The Kier molecular flexibility index (Phi) is 6.83. The molecule has 2 N–H and O–H groups in total. The molecule has 0 radical (unpaired) electrons. The Morgan fingerprint density at radius 1 is 0.900 bits per heavy atom. The smallest absolute Gasteiger partial charge is 0.348 e. The lowest BCUT2D eigenvalue weighted by Crippen LogP contribution is -2.40. The van der Waals surface area contributed by atoms with Gasteiger partial charge in [0.15, 0.2) is 6.61 Å². The van der Waals surface area contributed by atoms with Crippen LogP contribution in [0.1, 0.15) is 16.7 Å². The minimum absolute atomic E-state index is 0.259. The molecule has 0 unspecified atom stereocenters. The molecule has 3 aromatic carbocycles. The molecule has 6 heteroatoms. The van der Waals surface area contributed by atoms with Crippen molar-refractivity contribution in [2.24, 2.45) is 0 Å². The number of carbonyl (C=O) groups is 2. The first kappa shape index (κ1) is 21.1. The third-order valence-corrected chi connectivity index (χ3v) is 4.64. The number of benzene rings is 3. The first-order valence-electron chi connectivity index (χ1n) is 9.44. The first-order chi connectivity index (χ1) is 14.5. The number of nitrogens with one attached hydrogen (secondary N) is 1. The number of hydrogen-bond acceptors (Lipinski definition) is 5. The number of methoxy groups -OCH3 is 1. The Morgan fingerprint density at radius 2 is 1.50 bits per heavy atom. The van der Waals surface area contributed by atoms with E-state index in [9.17, 15) is 14.7 Å². The average Bonchev–Trinajstić information content (AvgIpc) is 2.81. The predicted octanol–water partition coefficient (Wildman–Crippen LogP) is 2.79. The highest BCUT2D eigenvalue weighted by Crippen LogP contribution is 2.30. The Hall–Kier alpha value is -3.64. The van der Waals surface area contributed by atoms with Gasteiger partial charge in [-0.05, 0) is 28.8 Å². The van der Waals surface area contributed by atoms with Crippen molar-refractivity contribution in [1.29, 1.82) is 0 Å². The van der Waals surface area contributed by atoms with Gasteiger partial charge in [0.1, 0.15) is 5.75 Å². The van der Waals surface area contributed by atoms with Gasteiger partial charge in [-0.15, -0.1) is 0 Å². The molecule has 0 bridgehead atoms. The van der Waals surface area contributed by atoms with E-state index in [0.29, 0.717) is 16.9 Å². The maximum Gasteiger partial charge on any atom is 0.348 e. The lowest BCUT2D eigenvalue weighted by Gasteiger charge is -2.26. The number of esters is 1. The summed E-state index contributed by atoms with van der Waals surface area (Å²) in [7, 11) is 1.57. The maximum atomic E-state index is 12.9. The zero-order chi connectivity index (χ0) is 21.4. The topological polar surface area (TPSA) is 84.9 Å². The van der Waals surface area contributed by atoms with Crippen LogP contribution in [0.4, 0.5) is 0 Å². The van der Waals surface area contributed by atoms with Crippen molar-refractivity contribution in [1.82, 2.24) is 5.32 Å². The van der Waals surface area contributed by atoms with Gasteiger partial charge >= 0.3 is 5.97 Å². The Labute approximate surface area is 175 Å². The van der Waals surface area contributed by atoms with Crippen LogP contribution in [0, 0.1) is 0 Å². The van der Waals surface area contributed by atoms with E-state index in [1.807, 2.05) is 12.1 Å². The summed E-state index contributed by atoms with van der Waals surface area (Å²) in [5.74, 6) is -0.713. The highest BCUT2D eigenvalue weighted by molar-refractivity contribution is 5.88. The zero-order valence-corrected chi connectivity index (χ0v) is 16.6. The molecule has 0 saturated carbocycles. The van der Waals surface area contributed by atoms with Crippen LogP contribution in [0.25, 0.3) is 0 Å². The summed E-state index contributed by atoms with van der Waals surface area (Å²) < 4.78 is 10.3. The molecular formula is C24H23NO5. The fraction of sp³-hybridized carbons (Fsp3) is 0.167. The second kappa shape index (κ2) is 9.71. The van der Waals surface area contributed by atoms with Gasteiger partial charge in [-0.2, -0.15) is 0 Å². The first-order valence-corrected chi connectivity index (χ1v) is 9.44. The van der Waals surface area contributed by atoms with Crippen molar-refractivity contribution in [2.75, 3.05) is 13.7 Å². The van der Waals surface area contributed by atoms with Gasteiger partial charge in [0.25, 0.3) is 5.91 Å². The Balaban J connectivity index is 1.67. The van der Waals surface area contributed by atoms with E-state index in [2.05, 4.69) is 5.32 Å². The van der Waals surface area contributed by atoms with E-state index in [4.69, 9.17) is 9.47 Å². The van der Waals surface area contributed by atoms with Gasteiger partial charge in [0.2, 0.25) is 5.60 Å². The molecular weight excluding hydrogens is 382 g/mol. The molecule has 154 valence electrons. The summed E-state index contributed by atoms with van der Waals surface area (Å²) in [5, 5.41) is 14.0. The largest absolute Gasteiger partial charge is 0.497 e. The molecule has 0 aliphatic heterocycles. The number of rotatable bonds is 8. The molecule has 30 heavy (non-hydrogen) atoms. The van der Waals surface area contributed by atoms with Crippen molar-refractivity contribution >= 4 is 11.9 Å². The van der Waals surface area contributed by atoms with Crippen molar-refractivity contribution in [3.05, 3.63) is 102 Å². The number of aliphatic hydroxyl groups is 1. The van der Waals surface area contributed by atoms with Crippen molar-refractivity contribution in [3.8, 4) is 5.75 Å². The van der Waals surface area contributed by atoms with E-state index < -0.39 is 24.1 Å². The molecule has 0 aliphatic carbocycles. The highest BCUT2D eigenvalue weighted by Gasteiger charge is 2.41. The summed E-state index contributed by atoms with van der Waals surface area (Å²) in [6.45, 7) is -0.250. The van der Waals surface area contributed by atoms with Gasteiger partial charge < -0.3 is 19.9 Å². The maximum absolute atomic E-state index is 12.9. The normalized spacial score (nSPS) is 10.9. The van der Waals surface area contributed by atoms with Gasteiger partial charge in [-0.25, -0.2) is 4.79 Å². The molecule has 0 heterocycles. The number of ether oxygens (including phenoxy) is 2. The zero-order valence-electron chi connectivity index (χ0n) is 16.6. The monoisotopic (exact) mass is 405 g/mol. The molecule has 3 rings (SSSR count). The van der Waals surface area contributed by atoms with Crippen molar-refractivity contribution in [2.45, 2.75) is 12.1 Å². The summed E-state index contributed by atoms with van der Waals surface area (Å²) in [5.41, 5.74) is -0.453. The van der Waals surface area contributed by atoms with Gasteiger partial charge in [-0.1, -0.05) is 72.8 Å². The third-order valence-electron chi connectivity index (χ3n) is 4.64. The molecule has 0 atom stereocenters. The van der Waals surface area contributed by atoms with Crippen LogP contribution in [-0.4, -0.2) is 30.7 Å². The molecule has 0 fully saturated rings. The SMILES string of the molecule is COc1cccc(CNC(=O)COC(=O)C(O)(c2ccccc2)c2ccccc2)c1. The van der Waals surface area contributed by atoms with E-state index in [1.165, 1.54) is 0 Å². The summed E-state index contributed by atoms with van der Waals surface area (Å²) in [4.78, 5) is 25.0. The molecule has 1 amide bonds. The van der Waals surface area contributed by atoms with Crippen LogP contribution >= 0.6 is 0 Å². The van der Waals surface area contributed by atoms with Crippen molar-refractivity contribution in [3.63, 3.8) is 0 Å². The van der Waals surface area contributed by atoms with E-state index in [1.54, 1.807) is 79.9 Å². The third kappa shape index (κ3) is 4.85. The minimum Gasteiger partial charge on any atom is -0.497 e. The molecule has 0 saturated heterocycles. The lowest BCUT2D eigenvalue weighted by atomic mass is 9.86. The molecule has 0 spiro atoms. The van der Waals surface area contributed by atoms with Crippen LogP contribution in [-0.2, 0) is 26.5 Å². The molecule has 6 nitrogen and oxygen atoms in total. The van der Waals surface area contributed by atoms with Gasteiger partial charge in [0.05, 0.1) is 7.11 Å². The minimum atomic E-state index is -2.02. The number of hydrogen-bond donors (Lipinski definition) is 2. The Bertz CT molecular complexity index is 949. The summed E-state index contributed by atoms with van der Waals surface area (Å²) in [6.07, 6.45) is 0. The van der Waals surface area contributed by atoms with Crippen LogP contribution in [0.15, 0.2) is 84.9 Å². The fourth-order valence-corrected chi connectivity index (χ4v) is 3.03. The number of amides is 1.